The fraction of sp³-hybridized carbons (Fsp3) is 0.588. The highest BCUT2D eigenvalue weighted by Gasteiger charge is 2.47. The molecular formula is C17H22N2. The van der Waals surface area contributed by atoms with Gasteiger partial charge in [0.2, 0.25) is 0 Å². The second kappa shape index (κ2) is 4.35. The van der Waals surface area contributed by atoms with Gasteiger partial charge in [-0.2, -0.15) is 5.26 Å². The van der Waals surface area contributed by atoms with Gasteiger partial charge in [0, 0.05) is 13.1 Å². The van der Waals surface area contributed by atoms with Gasteiger partial charge in [-0.3, -0.25) is 4.90 Å². The summed E-state index contributed by atoms with van der Waals surface area (Å²) in [5, 5.41) is 9.93. The smallest absolute Gasteiger partial charge is 0.135 e. The molecule has 1 saturated heterocycles. The van der Waals surface area contributed by atoms with Crippen LogP contribution in [0.4, 0.5) is 0 Å². The standard InChI is InChI=1S/C17H22N2/c1-16(2)9-10-17(13-18,19-11-5-6-12-19)15-8-4-3-7-14(15)16/h3-4,7-8H,5-6,9-12H2,1-2H3. The van der Waals surface area contributed by atoms with E-state index in [1.165, 1.54) is 24.0 Å². The molecule has 1 heterocycles. The molecule has 19 heavy (non-hydrogen) atoms. The summed E-state index contributed by atoms with van der Waals surface area (Å²) in [6.45, 7) is 6.75. The van der Waals surface area contributed by atoms with Gasteiger partial charge in [0.1, 0.15) is 5.54 Å². The monoisotopic (exact) mass is 254 g/mol. The van der Waals surface area contributed by atoms with Crippen LogP contribution >= 0.6 is 0 Å². The Labute approximate surface area is 116 Å². The third kappa shape index (κ3) is 1.80. The van der Waals surface area contributed by atoms with Crippen molar-refractivity contribution in [2.24, 2.45) is 0 Å². The highest BCUT2D eigenvalue weighted by molar-refractivity contribution is 5.45. The van der Waals surface area contributed by atoms with Crippen molar-refractivity contribution in [2.75, 3.05) is 13.1 Å². The Hall–Kier alpha value is -1.33. The van der Waals surface area contributed by atoms with E-state index in [-0.39, 0.29) is 11.0 Å². The van der Waals surface area contributed by atoms with Crippen LogP contribution in [0.2, 0.25) is 0 Å². The summed E-state index contributed by atoms with van der Waals surface area (Å²) < 4.78 is 0. The van der Waals surface area contributed by atoms with Crippen LogP contribution in [0.15, 0.2) is 24.3 Å². The van der Waals surface area contributed by atoms with Gasteiger partial charge in [0.15, 0.2) is 0 Å². The lowest BCUT2D eigenvalue weighted by Gasteiger charge is -2.46. The van der Waals surface area contributed by atoms with Crippen LogP contribution in [-0.2, 0) is 11.0 Å². The van der Waals surface area contributed by atoms with Crippen molar-refractivity contribution in [3.63, 3.8) is 0 Å². The number of nitriles is 1. The van der Waals surface area contributed by atoms with Gasteiger partial charge >= 0.3 is 0 Å². The van der Waals surface area contributed by atoms with E-state index in [1.54, 1.807) is 0 Å². The average Bonchev–Trinajstić information content (AvgIpc) is 2.94. The van der Waals surface area contributed by atoms with E-state index in [0.717, 1.165) is 25.9 Å². The van der Waals surface area contributed by atoms with Gasteiger partial charge in [-0.25, -0.2) is 0 Å². The lowest BCUT2D eigenvalue weighted by molar-refractivity contribution is 0.134. The van der Waals surface area contributed by atoms with E-state index < -0.39 is 0 Å². The molecule has 1 aromatic rings. The maximum atomic E-state index is 9.93. The van der Waals surface area contributed by atoms with Crippen LogP contribution in [-0.4, -0.2) is 18.0 Å². The summed E-state index contributed by atoms with van der Waals surface area (Å²) in [6.07, 6.45) is 4.52. The number of hydrogen-bond acceptors (Lipinski definition) is 2. The molecule has 2 heteroatoms. The van der Waals surface area contributed by atoms with Crippen molar-refractivity contribution in [1.29, 1.82) is 5.26 Å². The predicted octanol–water partition coefficient (Wildman–Crippen LogP) is 3.57. The zero-order valence-corrected chi connectivity index (χ0v) is 11.9. The summed E-state index contributed by atoms with van der Waals surface area (Å²) in [7, 11) is 0. The summed E-state index contributed by atoms with van der Waals surface area (Å²) in [5.74, 6) is 0. The summed E-state index contributed by atoms with van der Waals surface area (Å²) in [4.78, 5) is 2.42. The van der Waals surface area contributed by atoms with E-state index in [4.69, 9.17) is 0 Å². The number of benzene rings is 1. The number of nitrogens with zero attached hydrogens (tertiary/aromatic N) is 2. The highest BCUT2D eigenvalue weighted by atomic mass is 15.2. The Morgan fingerprint density at radius 3 is 2.32 bits per heavy atom. The van der Waals surface area contributed by atoms with Gasteiger partial charge in [0.05, 0.1) is 6.07 Å². The average molecular weight is 254 g/mol. The summed E-state index contributed by atoms with van der Waals surface area (Å²) >= 11 is 0. The van der Waals surface area contributed by atoms with Gasteiger partial charge in [0.25, 0.3) is 0 Å². The molecule has 0 radical (unpaired) electrons. The second-order valence-corrected chi connectivity index (χ2v) is 6.60. The van der Waals surface area contributed by atoms with Gasteiger partial charge in [-0.1, -0.05) is 38.1 Å². The van der Waals surface area contributed by atoms with Crippen molar-refractivity contribution in [2.45, 2.75) is 50.5 Å². The third-order valence-electron chi connectivity index (χ3n) is 5.04. The first-order chi connectivity index (χ1) is 9.10. The third-order valence-corrected chi connectivity index (χ3v) is 5.04. The first-order valence-electron chi connectivity index (χ1n) is 7.36. The maximum absolute atomic E-state index is 9.93. The molecule has 2 aliphatic rings. The first-order valence-corrected chi connectivity index (χ1v) is 7.36. The highest BCUT2D eigenvalue weighted by Crippen LogP contribution is 2.48. The molecule has 0 N–H and O–H groups in total. The SMILES string of the molecule is CC1(C)CCC(C#N)(N2CCCC2)c2ccccc21. The molecule has 1 atom stereocenters. The summed E-state index contributed by atoms with van der Waals surface area (Å²) in [5.41, 5.74) is 2.45. The zero-order valence-electron chi connectivity index (χ0n) is 11.9. The lowest BCUT2D eigenvalue weighted by Crippen LogP contribution is -2.48. The van der Waals surface area contributed by atoms with Crippen LogP contribution in [0.1, 0.15) is 50.7 Å². The van der Waals surface area contributed by atoms with Crippen molar-refractivity contribution >= 4 is 0 Å². The quantitative estimate of drug-likeness (QED) is 0.766. The number of rotatable bonds is 1. The van der Waals surface area contributed by atoms with Crippen molar-refractivity contribution in [1.82, 2.24) is 4.90 Å². The number of fused-ring (bicyclic) bond motifs is 1. The molecule has 1 aliphatic carbocycles. The molecule has 100 valence electrons. The van der Waals surface area contributed by atoms with E-state index >= 15 is 0 Å². The predicted molar refractivity (Wildman–Crippen MR) is 76.8 cm³/mol. The molecule has 0 amide bonds. The molecule has 0 saturated carbocycles. The summed E-state index contributed by atoms with van der Waals surface area (Å²) in [6, 6.07) is 11.3. The Morgan fingerprint density at radius 1 is 1.05 bits per heavy atom. The lowest BCUT2D eigenvalue weighted by atomic mass is 9.65. The fourth-order valence-corrected chi connectivity index (χ4v) is 3.81. The van der Waals surface area contributed by atoms with Gasteiger partial charge in [-0.15, -0.1) is 0 Å². The number of likely N-dealkylation sites (tertiary alicyclic amines) is 1. The second-order valence-electron chi connectivity index (χ2n) is 6.60. The minimum absolute atomic E-state index is 0.191. The Bertz CT molecular complexity index is 520. The molecule has 2 nitrogen and oxygen atoms in total. The van der Waals surface area contributed by atoms with Crippen molar-refractivity contribution in [3.05, 3.63) is 35.4 Å². The minimum atomic E-state index is -0.372. The molecule has 0 aromatic heterocycles. The Morgan fingerprint density at radius 2 is 1.68 bits per heavy atom. The van der Waals surface area contributed by atoms with E-state index in [2.05, 4.69) is 49.1 Å². The maximum Gasteiger partial charge on any atom is 0.135 e. The Balaban J connectivity index is 2.15. The van der Waals surface area contributed by atoms with E-state index in [0.29, 0.717) is 0 Å². The van der Waals surface area contributed by atoms with Crippen molar-refractivity contribution < 1.29 is 0 Å². The zero-order chi connectivity index (χ0) is 13.5. The van der Waals surface area contributed by atoms with E-state index in [1.807, 2.05) is 0 Å². The van der Waals surface area contributed by atoms with Crippen molar-refractivity contribution in [3.8, 4) is 6.07 Å². The molecule has 0 bridgehead atoms. The molecule has 1 unspecified atom stereocenters. The first kappa shape index (κ1) is 12.7. The number of hydrogen-bond donors (Lipinski definition) is 0. The molecule has 1 aliphatic heterocycles. The minimum Gasteiger partial charge on any atom is -0.282 e. The molecule has 3 rings (SSSR count). The van der Waals surface area contributed by atoms with E-state index in [9.17, 15) is 5.26 Å². The molecule has 0 spiro atoms. The van der Waals surface area contributed by atoms with Crippen LogP contribution in [0.25, 0.3) is 0 Å². The normalized spacial score (nSPS) is 29.7. The van der Waals surface area contributed by atoms with Crippen LogP contribution in [0, 0.1) is 11.3 Å². The Kier molecular flexibility index (Phi) is 2.91. The molecular weight excluding hydrogens is 232 g/mol. The molecule has 1 fully saturated rings. The van der Waals surface area contributed by atoms with Gasteiger partial charge < -0.3 is 0 Å². The fourth-order valence-electron chi connectivity index (χ4n) is 3.81. The largest absolute Gasteiger partial charge is 0.282 e. The van der Waals surface area contributed by atoms with Gasteiger partial charge in [-0.05, 0) is 42.2 Å². The topological polar surface area (TPSA) is 27.0 Å². The van der Waals surface area contributed by atoms with Crippen LogP contribution < -0.4 is 0 Å². The molecule has 1 aromatic carbocycles. The van der Waals surface area contributed by atoms with Crippen LogP contribution in [0.3, 0.4) is 0 Å². The van der Waals surface area contributed by atoms with Crippen LogP contribution in [0.5, 0.6) is 0 Å².